The van der Waals surface area contributed by atoms with Gasteiger partial charge in [0.25, 0.3) is 5.91 Å². The normalized spacial score (nSPS) is 10.4. The van der Waals surface area contributed by atoms with Crippen LogP contribution in [0.25, 0.3) is 0 Å². The van der Waals surface area contributed by atoms with Crippen LogP contribution in [0, 0.1) is 0 Å². The summed E-state index contributed by atoms with van der Waals surface area (Å²) in [6, 6.07) is 7.07. The average Bonchev–Trinajstić information content (AvgIpc) is 2.49. The second kappa shape index (κ2) is 7.18. The van der Waals surface area contributed by atoms with E-state index in [-0.39, 0.29) is 5.91 Å². The van der Waals surface area contributed by atoms with Crippen molar-refractivity contribution in [1.82, 2.24) is 9.97 Å². The maximum atomic E-state index is 12.7. The van der Waals surface area contributed by atoms with Gasteiger partial charge in [0, 0.05) is 35.9 Å². The van der Waals surface area contributed by atoms with Crippen LogP contribution in [0.15, 0.2) is 36.7 Å². The minimum Gasteiger partial charge on any atom is -0.309 e. The molecule has 0 unspecified atom stereocenters. The number of aromatic nitrogens is 2. The van der Waals surface area contributed by atoms with Gasteiger partial charge >= 0.3 is 0 Å². The van der Waals surface area contributed by atoms with Crippen LogP contribution < -0.4 is 4.90 Å². The molecule has 0 aromatic carbocycles. The minimum absolute atomic E-state index is 0.0784. The topological polar surface area (TPSA) is 46.1 Å². The first-order valence-electron chi connectivity index (χ1n) is 7.04. The Bertz CT molecular complexity index is 616. The summed E-state index contributed by atoms with van der Waals surface area (Å²) in [6.45, 7) is 4.58. The van der Waals surface area contributed by atoms with Gasteiger partial charge in [-0.15, -0.1) is 0 Å². The molecule has 2 aromatic heterocycles. The van der Waals surface area contributed by atoms with Crippen LogP contribution in [-0.4, -0.2) is 22.4 Å². The van der Waals surface area contributed by atoms with Crippen molar-refractivity contribution in [3.8, 4) is 0 Å². The number of anilines is 1. The molecular weight excluding hydrogens is 286 g/mol. The summed E-state index contributed by atoms with van der Waals surface area (Å²) >= 11 is 6.03. The zero-order valence-electron chi connectivity index (χ0n) is 12.2. The van der Waals surface area contributed by atoms with Gasteiger partial charge in [0.2, 0.25) is 0 Å². The number of amides is 1. The van der Waals surface area contributed by atoms with Crippen LogP contribution in [0.3, 0.4) is 0 Å². The highest BCUT2D eigenvalue weighted by Crippen LogP contribution is 2.19. The number of aryl methyl sites for hydroxylation is 1. The molecule has 2 rings (SSSR count). The molecule has 110 valence electrons. The van der Waals surface area contributed by atoms with Gasteiger partial charge in [-0.2, -0.15) is 0 Å². The zero-order chi connectivity index (χ0) is 15.2. The van der Waals surface area contributed by atoms with Crippen LogP contribution in [-0.2, 0) is 6.42 Å². The van der Waals surface area contributed by atoms with E-state index < -0.39 is 0 Å². The van der Waals surface area contributed by atoms with Crippen LogP contribution in [0.5, 0.6) is 0 Å². The summed E-state index contributed by atoms with van der Waals surface area (Å²) in [7, 11) is 0. The van der Waals surface area contributed by atoms with E-state index in [1.807, 2.05) is 25.1 Å². The third-order valence-electron chi connectivity index (χ3n) is 3.14. The van der Waals surface area contributed by atoms with Crippen molar-refractivity contribution in [2.24, 2.45) is 0 Å². The molecule has 0 aliphatic rings. The second-order valence-electron chi connectivity index (χ2n) is 4.67. The molecule has 0 fully saturated rings. The third-order valence-corrected chi connectivity index (χ3v) is 3.33. The highest BCUT2D eigenvalue weighted by atomic mass is 35.5. The lowest BCUT2D eigenvalue weighted by atomic mass is 10.1. The van der Waals surface area contributed by atoms with Crippen LogP contribution >= 0.6 is 11.6 Å². The molecule has 0 spiro atoms. The molecule has 1 amide bonds. The molecule has 21 heavy (non-hydrogen) atoms. The molecule has 0 radical (unpaired) electrons. The summed E-state index contributed by atoms with van der Waals surface area (Å²) < 4.78 is 0. The van der Waals surface area contributed by atoms with Gasteiger partial charge in [0.15, 0.2) is 0 Å². The van der Waals surface area contributed by atoms with Gasteiger partial charge in [0.05, 0.1) is 0 Å². The second-order valence-corrected chi connectivity index (χ2v) is 5.06. The van der Waals surface area contributed by atoms with E-state index in [9.17, 15) is 4.79 Å². The number of carbonyl (C=O) groups is 1. The maximum Gasteiger partial charge on any atom is 0.258 e. The molecule has 0 bridgehead atoms. The molecule has 0 atom stereocenters. The van der Waals surface area contributed by atoms with E-state index >= 15 is 0 Å². The average molecular weight is 304 g/mol. The molecule has 0 aliphatic carbocycles. The highest BCUT2D eigenvalue weighted by molar-refractivity contribution is 6.29. The van der Waals surface area contributed by atoms with Crippen LogP contribution in [0.4, 0.5) is 5.69 Å². The van der Waals surface area contributed by atoms with Crippen molar-refractivity contribution in [3.05, 3.63) is 53.1 Å². The first kappa shape index (κ1) is 15.4. The van der Waals surface area contributed by atoms with Crippen molar-refractivity contribution < 1.29 is 4.79 Å². The lowest BCUT2D eigenvalue weighted by Gasteiger charge is -2.21. The van der Waals surface area contributed by atoms with Gasteiger partial charge in [0.1, 0.15) is 5.15 Å². The van der Waals surface area contributed by atoms with Gasteiger partial charge in [-0.25, -0.2) is 4.98 Å². The minimum atomic E-state index is -0.0784. The molecule has 0 saturated carbocycles. The van der Waals surface area contributed by atoms with E-state index in [0.29, 0.717) is 17.3 Å². The van der Waals surface area contributed by atoms with E-state index in [1.165, 1.54) is 0 Å². The first-order chi connectivity index (χ1) is 10.2. The lowest BCUT2D eigenvalue weighted by molar-refractivity contribution is 0.0988. The zero-order valence-corrected chi connectivity index (χ0v) is 13.0. The van der Waals surface area contributed by atoms with Gasteiger partial charge in [-0.3, -0.25) is 9.78 Å². The van der Waals surface area contributed by atoms with Crippen LogP contribution in [0.2, 0.25) is 5.15 Å². The van der Waals surface area contributed by atoms with Gasteiger partial charge in [-0.05, 0) is 37.6 Å². The van der Waals surface area contributed by atoms with E-state index in [0.717, 1.165) is 24.2 Å². The fourth-order valence-electron chi connectivity index (χ4n) is 2.18. The Morgan fingerprint density at radius 3 is 2.57 bits per heavy atom. The van der Waals surface area contributed by atoms with Crippen molar-refractivity contribution in [3.63, 3.8) is 0 Å². The summed E-state index contributed by atoms with van der Waals surface area (Å²) in [5.74, 6) is -0.0784. The molecule has 0 saturated heterocycles. The quantitative estimate of drug-likeness (QED) is 0.790. The Labute approximate surface area is 129 Å². The molecular formula is C16H18ClN3O. The number of nitrogens with zero attached hydrogens (tertiary/aromatic N) is 3. The summed E-state index contributed by atoms with van der Waals surface area (Å²) in [4.78, 5) is 22.6. The Morgan fingerprint density at radius 1 is 1.24 bits per heavy atom. The summed E-state index contributed by atoms with van der Waals surface area (Å²) in [5.41, 5.74) is 2.23. The predicted molar refractivity (Wildman–Crippen MR) is 84.8 cm³/mol. The molecule has 5 heteroatoms. The Kier molecular flexibility index (Phi) is 5.28. The Hall–Kier alpha value is -1.94. The predicted octanol–water partition coefficient (Wildman–Crippen LogP) is 3.75. The standard InChI is InChI=1S/C16H18ClN3O/c1-3-5-13-10-12(11-15(17)19-13)16(21)20(4-2)14-6-8-18-9-7-14/h6-11H,3-5H2,1-2H3. The van der Waals surface area contributed by atoms with E-state index in [1.54, 1.807) is 23.4 Å². The van der Waals surface area contributed by atoms with Gasteiger partial charge in [-0.1, -0.05) is 24.9 Å². The monoisotopic (exact) mass is 303 g/mol. The van der Waals surface area contributed by atoms with Crippen molar-refractivity contribution in [2.75, 3.05) is 11.4 Å². The molecule has 2 aromatic rings. The van der Waals surface area contributed by atoms with E-state index in [4.69, 9.17) is 11.6 Å². The fourth-order valence-corrected chi connectivity index (χ4v) is 2.41. The third kappa shape index (κ3) is 3.79. The lowest BCUT2D eigenvalue weighted by Crippen LogP contribution is -2.30. The number of rotatable bonds is 5. The largest absolute Gasteiger partial charge is 0.309 e. The number of hydrogen-bond acceptors (Lipinski definition) is 3. The van der Waals surface area contributed by atoms with Crippen molar-refractivity contribution >= 4 is 23.2 Å². The summed E-state index contributed by atoms with van der Waals surface area (Å²) in [6.07, 6.45) is 5.12. The smallest absolute Gasteiger partial charge is 0.258 e. The molecule has 2 heterocycles. The fraction of sp³-hybridized carbons (Fsp3) is 0.312. The van der Waals surface area contributed by atoms with Crippen LogP contribution in [0.1, 0.15) is 36.3 Å². The van der Waals surface area contributed by atoms with E-state index in [2.05, 4.69) is 16.9 Å². The van der Waals surface area contributed by atoms with Crippen molar-refractivity contribution in [2.45, 2.75) is 26.7 Å². The molecule has 0 N–H and O–H groups in total. The van der Waals surface area contributed by atoms with Gasteiger partial charge < -0.3 is 4.90 Å². The number of halogens is 1. The molecule has 0 aliphatic heterocycles. The first-order valence-corrected chi connectivity index (χ1v) is 7.41. The molecule has 4 nitrogen and oxygen atoms in total. The Balaban J connectivity index is 2.34. The van der Waals surface area contributed by atoms with Crippen molar-refractivity contribution in [1.29, 1.82) is 0 Å². The SMILES string of the molecule is CCCc1cc(C(=O)N(CC)c2ccncc2)cc(Cl)n1. The maximum absolute atomic E-state index is 12.7. The number of carbonyl (C=O) groups excluding carboxylic acids is 1. The highest BCUT2D eigenvalue weighted by Gasteiger charge is 2.17. The number of hydrogen-bond donors (Lipinski definition) is 0. The number of pyridine rings is 2. The summed E-state index contributed by atoms with van der Waals surface area (Å²) in [5, 5.41) is 0.357. The Morgan fingerprint density at radius 2 is 1.95 bits per heavy atom.